The third kappa shape index (κ3) is 4.67. The molecule has 0 N–H and O–H groups in total. The number of rotatable bonds is 5. The van der Waals surface area contributed by atoms with Crippen LogP contribution in [0.4, 0.5) is 0 Å². The summed E-state index contributed by atoms with van der Waals surface area (Å²) in [5.74, 6) is 1.00. The van der Waals surface area contributed by atoms with Crippen molar-refractivity contribution >= 4 is 11.8 Å². The first-order valence-electron chi connectivity index (χ1n) is 7.07. The molecule has 1 rings (SSSR count). The fourth-order valence-electron chi connectivity index (χ4n) is 2.34. The van der Waals surface area contributed by atoms with Gasteiger partial charge in [-0.2, -0.15) is 0 Å². The fourth-order valence-corrected chi connectivity index (χ4v) is 2.34. The van der Waals surface area contributed by atoms with Gasteiger partial charge < -0.3 is 9.80 Å². The van der Waals surface area contributed by atoms with Crippen molar-refractivity contribution < 1.29 is 9.59 Å². The normalized spacial score (nSPS) is 16.7. The number of carbonyl (C=O) groups excluding carboxylic acids is 2. The van der Waals surface area contributed by atoms with Gasteiger partial charge in [0.15, 0.2) is 0 Å². The van der Waals surface area contributed by atoms with Gasteiger partial charge >= 0.3 is 0 Å². The number of nitrogens with zero attached hydrogens (tertiary/aromatic N) is 2. The second-order valence-electron chi connectivity index (χ2n) is 5.32. The van der Waals surface area contributed by atoms with E-state index < -0.39 is 0 Å². The van der Waals surface area contributed by atoms with E-state index in [-0.39, 0.29) is 11.8 Å². The fraction of sp³-hybridized carbons (Fsp3) is 0.857. The lowest BCUT2D eigenvalue weighted by molar-refractivity contribution is -0.134. The first-order valence-corrected chi connectivity index (χ1v) is 7.07. The summed E-state index contributed by atoms with van der Waals surface area (Å²) in [5, 5.41) is 0. The minimum atomic E-state index is 0.0666. The van der Waals surface area contributed by atoms with Gasteiger partial charge in [0.05, 0.1) is 0 Å². The van der Waals surface area contributed by atoms with Crippen LogP contribution in [0.5, 0.6) is 0 Å². The smallest absolute Gasteiger partial charge is 0.224 e. The topological polar surface area (TPSA) is 40.6 Å². The molecule has 4 heteroatoms. The van der Waals surface area contributed by atoms with E-state index in [4.69, 9.17) is 0 Å². The van der Waals surface area contributed by atoms with Crippen molar-refractivity contribution in [2.75, 3.05) is 26.2 Å². The number of hydrogen-bond donors (Lipinski definition) is 0. The predicted octanol–water partition coefficient (Wildman–Crippen LogP) is 1.89. The van der Waals surface area contributed by atoms with Crippen LogP contribution in [0.1, 0.15) is 46.5 Å². The summed E-state index contributed by atoms with van der Waals surface area (Å²) in [6, 6.07) is 0. The Kier molecular flexibility index (Phi) is 6.16. The van der Waals surface area contributed by atoms with Gasteiger partial charge in [0, 0.05) is 39.5 Å². The van der Waals surface area contributed by atoms with E-state index in [2.05, 4.69) is 6.92 Å². The minimum Gasteiger partial charge on any atom is -0.343 e. The summed E-state index contributed by atoms with van der Waals surface area (Å²) in [6.45, 7) is 8.93. The quantitative estimate of drug-likeness (QED) is 0.752. The predicted molar refractivity (Wildman–Crippen MR) is 72.1 cm³/mol. The van der Waals surface area contributed by atoms with Crippen LogP contribution in [-0.2, 0) is 9.59 Å². The van der Waals surface area contributed by atoms with E-state index in [9.17, 15) is 9.59 Å². The van der Waals surface area contributed by atoms with E-state index in [0.29, 0.717) is 13.0 Å². The number of likely N-dealkylation sites (tertiary alicyclic amines) is 1. The van der Waals surface area contributed by atoms with Crippen molar-refractivity contribution in [1.29, 1.82) is 0 Å². The highest BCUT2D eigenvalue weighted by Crippen LogP contribution is 2.16. The van der Waals surface area contributed by atoms with Gasteiger partial charge in [-0.15, -0.1) is 0 Å². The van der Waals surface area contributed by atoms with Crippen LogP contribution in [0.25, 0.3) is 0 Å². The molecule has 1 aliphatic rings. The molecule has 1 heterocycles. The molecule has 0 aromatic carbocycles. The van der Waals surface area contributed by atoms with Crippen LogP contribution in [0.3, 0.4) is 0 Å². The molecular weight excluding hydrogens is 228 g/mol. The molecule has 0 radical (unpaired) electrons. The van der Waals surface area contributed by atoms with E-state index in [1.54, 1.807) is 11.8 Å². The Morgan fingerprint density at radius 3 is 2.33 bits per heavy atom. The molecule has 104 valence electrons. The monoisotopic (exact) mass is 254 g/mol. The maximum Gasteiger partial charge on any atom is 0.224 e. The van der Waals surface area contributed by atoms with Crippen molar-refractivity contribution in [1.82, 2.24) is 9.80 Å². The second-order valence-corrected chi connectivity index (χ2v) is 5.32. The average Bonchev–Trinajstić information content (AvgIpc) is 2.34. The highest BCUT2D eigenvalue weighted by atomic mass is 16.2. The van der Waals surface area contributed by atoms with Gasteiger partial charge in [-0.25, -0.2) is 0 Å². The molecular formula is C14H26N2O2. The zero-order chi connectivity index (χ0) is 13.5. The van der Waals surface area contributed by atoms with Crippen LogP contribution in [0.2, 0.25) is 0 Å². The highest BCUT2D eigenvalue weighted by Gasteiger charge is 2.20. The lowest BCUT2D eigenvalue weighted by Gasteiger charge is -2.31. The van der Waals surface area contributed by atoms with Gasteiger partial charge in [-0.1, -0.05) is 13.8 Å². The number of carbonyl (C=O) groups is 2. The van der Waals surface area contributed by atoms with Crippen LogP contribution in [0, 0.1) is 5.92 Å². The highest BCUT2D eigenvalue weighted by molar-refractivity contribution is 5.78. The number of hydrogen-bond acceptors (Lipinski definition) is 2. The first kappa shape index (κ1) is 15.0. The van der Waals surface area contributed by atoms with Crippen LogP contribution in [-0.4, -0.2) is 47.8 Å². The van der Waals surface area contributed by atoms with Crippen molar-refractivity contribution in [3.8, 4) is 0 Å². The van der Waals surface area contributed by atoms with Crippen molar-refractivity contribution in [2.24, 2.45) is 5.92 Å². The molecule has 2 amide bonds. The summed E-state index contributed by atoms with van der Waals surface area (Å²) in [6.07, 6.45) is 3.62. The van der Waals surface area contributed by atoms with E-state index >= 15 is 0 Å². The van der Waals surface area contributed by atoms with Crippen molar-refractivity contribution in [3.63, 3.8) is 0 Å². The lowest BCUT2D eigenvalue weighted by Crippen LogP contribution is -2.40. The minimum absolute atomic E-state index is 0.0666. The van der Waals surface area contributed by atoms with Crippen molar-refractivity contribution in [2.45, 2.75) is 46.5 Å². The Labute approximate surface area is 110 Å². The Hall–Kier alpha value is -1.06. The molecule has 0 unspecified atom stereocenters. The molecule has 0 saturated carbocycles. The first-order chi connectivity index (χ1) is 8.54. The molecule has 4 nitrogen and oxygen atoms in total. The Morgan fingerprint density at radius 1 is 1.22 bits per heavy atom. The van der Waals surface area contributed by atoms with E-state index in [1.165, 1.54) is 0 Å². The molecule has 18 heavy (non-hydrogen) atoms. The third-order valence-electron chi connectivity index (χ3n) is 3.67. The lowest BCUT2D eigenvalue weighted by atomic mass is 9.99. The summed E-state index contributed by atoms with van der Waals surface area (Å²) in [7, 11) is 0. The maximum atomic E-state index is 12.0. The summed E-state index contributed by atoms with van der Waals surface area (Å²) < 4.78 is 0. The average molecular weight is 254 g/mol. The van der Waals surface area contributed by atoms with Gasteiger partial charge in [-0.05, 0) is 25.2 Å². The Balaban J connectivity index is 2.33. The Bertz CT molecular complexity index is 284. The van der Waals surface area contributed by atoms with Crippen molar-refractivity contribution in [3.05, 3.63) is 0 Å². The van der Waals surface area contributed by atoms with Gasteiger partial charge in [0.1, 0.15) is 0 Å². The van der Waals surface area contributed by atoms with Crippen LogP contribution in [0.15, 0.2) is 0 Å². The largest absolute Gasteiger partial charge is 0.343 e. The molecule has 1 fully saturated rings. The molecule has 0 spiro atoms. The third-order valence-corrected chi connectivity index (χ3v) is 3.67. The zero-order valence-electron chi connectivity index (χ0n) is 11.9. The molecule has 0 aromatic heterocycles. The van der Waals surface area contributed by atoms with E-state index in [0.717, 1.165) is 44.8 Å². The molecule has 0 aromatic rings. The van der Waals surface area contributed by atoms with Crippen LogP contribution < -0.4 is 0 Å². The zero-order valence-corrected chi connectivity index (χ0v) is 11.9. The summed E-state index contributed by atoms with van der Waals surface area (Å²) in [5.41, 5.74) is 0. The summed E-state index contributed by atoms with van der Waals surface area (Å²) >= 11 is 0. The summed E-state index contributed by atoms with van der Waals surface area (Å²) in [4.78, 5) is 27.1. The molecule has 1 saturated heterocycles. The molecule has 0 bridgehead atoms. The molecule has 0 aliphatic carbocycles. The maximum absolute atomic E-state index is 12.0. The van der Waals surface area contributed by atoms with Gasteiger partial charge in [0.2, 0.25) is 11.8 Å². The molecule has 0 atom stereocenters. The molecule has 1 aliphatic heterocycles. The number of piperidine rings is 1. The van der Waals surface area contributed by atoms with Gasteiger partial charge in [0.25, 0.3) is 0 Å². The standard InChI is InChI=1S/C14H26N2O2/c1-4-8-15(13(3)17)11-7-14(18)16-9-5-12(2)6-10-16/h12H,4-11H2,1-3H3. The Morgan fingerprint density at radius 2 is 1.83 bits per heavy atom. The number of amides is 2. The van der Waals surface area contributed by atoms with Gasteiger partial charge in [-0.3, -0.25) is 9.59 Å². The van der Waals surface area contributed by atoms with E-state index in [1.807, 2.05) is 11.8 Å². The SMILES string of the molecule is CCCN(CCC(=O)N1CCC(C)CC1)C(C)=O. The van der Waals surface area contributed by atoms with Crippen LogP contribution >= 0.6 is 0 Å². The second kappa shape index (κ2) is 7.39.